The van der Waals surface area contributed by atoms with Crippen molar-refractivity contribution in [2.75, 3.05) is 4.72 Å². The summed E-state index contributed by atoms with van der Waals surface area (Å²) >= 11 is 0. The third kappa shape index (κ3) is 3.43. The van der Waals surface area contributed by atoms with E-state index < -0.39 is 15.8 Å². The molecule has 1 heterocycles. The SMILES string of the molecule is CC(C)Cn1ccc2cc(NS(=O)(=O)c3cccc(F)c3)ccc21. The number of hydrogen-bond acceptors (Lipinski definition) is 2. The van der Waals surface area contributed by atoms with E-state index >= 15 is 0 Å². The van der Waals surface area contributed by atoms with Gasteiger partial charge < -0.3 is 4.57 Å². The van der Waals surface area contributed by atoms with Crippen molar-refractivity contribution >= 4 is 26.6 Å². The fraction of sp³-hybridized carbons (Fsp3) is 0.222. The van der Waals surface area contributed by atoms with Crippen molar-refractivity contribution in [1.82, 2.24) is 4.57 Å². The second-order valence-corrected chi connectivity index (χ2v) is 7.88. The Bertz CT molecular complexity index is 978. The van der Waals surface area contributed by atoms with Crippen LogP contribution in [0.3, 0.4) is 0 Å². The van der Waals surface area contributed by atoms with E-state index in [1.165, 1.54) is 18.2 Å². The number of rotatable bonds is 5. The van der Waals surface area contributed by atoms with Crippen LogP contribution in [0, 0.1) is 11.7 Å². The average molecular weight is 346 g/mol. The Balaban J connectivity index is 1.90. The maximum absolute atomic E-state index is 13.3. The van der Waals surface area contributed by atoms with Crippen molar-refractivity contribution in [3.8, 4) is 0 Å². The van der Waals surface area contributed by atoms with E-state index in [0.29, 0.717) is 11.6 Å². The van der Waals surface area contributed by atoms with Crippen LogP contribution in [0.1, 0.15) is 13.8 Å². The van der Waals surface area contributed by atoms with Gasteiger partial charge in [-0.2, -0.15) is 0 Å². The van der Waals surface area contributed by atoms with E-state index in [0.717, 1.165) is 23.5 Å². The van der Waals surface area contributed by atoms with E-state index in [4.69, 9.17) is 0 Å². The number of benzene rings is 2. The van der Waals surface area contributed by atoms with E-state index in [2.05, 4.69) is 23.1 Å². The molecule has 4 nitrogen and oxygen atoms in total. The van der Waals surface area contributed by atoms with Crippen molar-refractivity contribution < 1.29 is 12.8 Å². The van der Waals surface area contributed by atoms with Crippen LogP contribution in [-0.4, -0.2) is 13.0 Å². The van der Waals surface area contributed by atoms with Gasteiger partial charge in [0.2, 0.25) is 0 Å². The van der Waals surface area contributed by atoms with Crippen molar-refractivity contribution in [3.05, 3.63) is 60.5 Å². The summed E-state index contributed by atoms with van der Waals surface area (Å²) in [6.07, 6.45) is 2.00. The normalized spacial score (nSPS) is 12.0. The Morgan fingerprint density at radius 3 is 2.62 bits per heavy atom. The zero-order valence-electron chi connectivity index (χ0n) is 13.5. The molecule has 0 radical (unpaired) electrons. The van der Waals surface area contributed by atoms with Crippen LogP contribution in [0.2, 0.25) is 0 Å². The van der Waals surface area contributed by atoms with Gasteiger partial charge in [0.25, 0.3) is 10.0 Å². The maximum Gasteiger partial charge on any atom is 0.261 e. The first-order chi connectivity index (χ1) is 11.3. The summed E-state index contributed by atoms with van der Waals surface area (Å²) in [4.78, 5) is -0.0972. The minimum atomic E-state index is -3.81. The summed E-state index contributed by atoms with van der Waals surface area (Å²) in [5.41, 5.74) is 1.51. The van der Waals surface area contributed by atoms with Gasteiger partial charge in [-0.05, 0) is 48.4 Å². The van der Waals surface area contributed by atoms with E-state index in [1.807, 2.05) is 18.3 Å². The molecule has 0 aliphatic rings. The van der Waals surface area contributed by atoms with Gasteiger partial charge in [0.05, 0.1) is 4.90 Å². The molecule has 0 amide bonds. The Labute approximate surface area is 141 Å². The summed E-state index contributed by atoms with van der Waals surface area (Å²) in [6.45, 7) is 5.19. The van der Waals surface area contributed by atoms with Crippen LogP contribution in [0.25, 0.3) is 10.9 Å². The minimum Gasteiger partial charge on any atom is -0.347 e. The monoisotopic (exact) mass is 346 g/mol. The first-order valence-electron chi connectivity index (χ1n) is 7.72. The Hall–Kier alpha value is -2.34. The van der Waals surface area contributed by atoms with Gasteiger partial charge in [-0.1, -0.05) is 19.9 Å². The number of aromatic nitrogens is 1. The zero-order chi connectivity index (χ0) is 17.3. The predicted octanol–water partition coefficient (Wildman–Crippen LogP) is 4.24. The van der Waals surface area contributed by atoms with Crippen LogP contribution in [0.5, 0.6) is 0 Å². The first kappa shape index (κ1) is 16.5. The van der Waals surface area contributed by atoms with E-state index in [9.17, 15) is 12.8 Å². The molecule has 0 saturated heterocycles. The second kappa shape index (κ2) is 6.28. The summed E-state index contributed by atoms with van der Waals surface area (Å²) in [5.74, 6) is -0.0640. The smallest absolute Gasteiger partial charge is 0.261 e. The predicted molar refractivity (Wildman–Crippen MR) is 94.0 cm³/mol. The van der Waals surface area contributed by atoms with Crippen molar-refractivity contribution in [3.63, 3.8) is 0 Å². The fourth-order valence-corrected chi connectivity index (χ4v) is 3.75. The van der Waals surface area contributed by atoms with Gasteiger partial charge in [0, 0.05) is 29.3 Å². The second-order valence-electron chi connectivity index (χ2n) is 6.20. The molecule has 0 aliphatic heterocycles. The van der Waals surface area contributed by atoms with E-state index in [-0.39, 0.29) is 4.90 Å². The topological polar surface area (TPSA) is 51.1 Å². The molecule has 2 aromatic carbocycles. The minimum absolute atomic E-state index is 0.0972. The molecule has 1 N–H and O–H groups in total. The van der Waals surface area contributed by atoms with Gasteiger partial charge in [0.15, 0.2) is 0 Å². The summed E-state index contributed by atoms with van der Waals surface area (Å²) in [7, 11) is -3.81. The van der Waals surface area contributed by atoms with Gasteiger partial charge in [-0.3, -0.25) is 4.72 Å². The van der Waals surface area contributed by atoms with Crippen LogP contribution < -0.4 is 4.72 Å². The molecule has 24 heavy (non-hydrogen) atoms. The molecule has 0 bridgehead atoms. The molecular formula is C18H19FN2O2S. The van der Waals surface area contributed by atoms with Crippen LogP contribution in [-0.2, 0) is 16.6 Å². The van der Waals surface area contributed by atoms with Crippen LogP contribution >= 0.6 is 0 Å². The number of anilines is 1. The molecular weight excluding hydrogens is 327 g/mol. The standard InChI is InChI=1S/C18H19FN2O2S/c1-13(2)12-21-9-8-14-10-16(6-7-18(14)21)20-24(22,23)17-5-3-4-15(19)11-17/h3-11,13,20H,12H2,1-2H3. The van der Waals surface area contributed by atoms with Crippen LogP contribution in [0.15, 0.2) is 59.6 Å². The van der Waals surface area contributed by atoms with Crippen molar-refractivity contribution in [1.29, 1.82) is 0 Å². The Morgan fingerprint density at radius 2 is 1.92 bits per heavy atom. The lowest BCUT2D eigenvalue weighted by Gasteiger charge is -2.10. The highest BCUT2D eigenvalue weighted by Crippen LogP contribution is 2.23. The number of hydrogen-bond donors (Lipinski definition) is 1. The number of sulfonamides is 1. The Morgan fingerprint density at radius 1 is 1.12 bits per heavy atom. The third-order valence-corrected chi connectivity index (χ3v) is 5.07. The van der Waals surface area contributed by atoms with Gasteiger partial charge >= 0.3 is 0 Å². The molecule has 126 valence electrons. The van der Waals surface area contributed by atoms with Gasteiger partial charge in [-0.15, -0.1) is 0 Å². The Kier molecular flexibility index (Phi) is 4.32. The lowest BCUT2D eigenvalue weighted by molar-refractivity contribution is 0.535. The molecule has 0 atom stereocenters. The molecule has 6 heteroatoms. The molecule has 3 rings (SSSR count). The summed E-state index contributed by atoms with van der Waals surface area (Å²) < 4.78 is 42.6. The summed E-state index contributed by atoms with van der Waals surface area (Å²) in [6, 6.07) is 12.3. The number of nitrogens with zero attached hydrogens (tertiary/aromatic N) is 1. The van der Waals surface area contributed by atoms with E-state index in [1.54, 1.807) is 12.1 Å². The van der Waals surface area contributed by atoms with Gasteiger partial charge in [0.1, 0.15) is 5.82 Å². The molecule has 3 aromatic rings. The maximum atomic E-state index is 13.3. The number of halogens is 1. The summed E-state index contributed by atoms with van der Waals surface area (Å²) in [5, 5.41) is 0.954. The average Bonchev–Trinajstić information content (AvgIpc) is 2.88. The largest absolute Gasteiger partial charge is 0.347 e. The quantitative estimate of drug-likeness (QED) is 0.751. The molecule has 0 fully saturated rings. The molecule has 0 spiro atoms. The van der Waals surface area contributed by atoms with Crippen molar-refractivity contribution in [2.24, 2.45) is 5.92 Å². The highest BCUT2D eigenvalue weighted by molar-refractivity contribution is 7.92. The first-order valence-corrected chi connectivity index (χ1v) is 9.21. The van der Waals surface area contributed by atoms with Crippen LogP contribution in [0.4, 0.5) is 10.1 Å². The molecule has 1 aromatic heterocycles. The highest BCUT2D eigenvalue weighted by atomic mass is 32.2. The molecule has 0 unspecified atom stereocenters. The lowest BCUT2D eigenvalue weighted by Crippen LogP contribution is -2.13. The zero-order valence-corrected chi connectivity index (χ0v) is 14.3. The number of fused-ring (bicyclic) bond motifs is 1. The lowest BCUT2D eigenvalue weighted by atomic mass is 10.2. The highest BCUT2D eigenvalue weighted by Gasteiger charge is 2.15. The third-order valence-electron chi connectivity index (χ3n) is 3.69. The molecule has 0 aliphatic carbocycles. The fourth-order valence-electron chi connectivity index (χ4n) is 2.66. The number of nitrogens with one attached hydrogen (secondary N) is 1. The van der Waals surface area contributed by atoms with Crippen molar-refractivity contribution in [2.45, 2.75) is 25.3 Å². The molecule has 0 saturated carbocycles. The van der Waals surface area contributed by atoms with Gasteiger partial charge in [-0.25, -0.2) is 12.8 Å².